The lowest BCUT2D eigenvalue weighted by Gasteiger charge is -2.25. The van der Waals surface area contributed by atoms with E-state index in [-0.39, 0.29) is 11.5 Å². The van der Waals surface area contributed by atoms with Crippen LogP contribution in [0.25, 0.3) is 6.08 Å². The van der Waals surface area contributed by atoms with Crippen LogP contribution in [0, 0.1) is 0 Å². The first-order valence-corrected chi connectivity index (χ1v) is 14.0. The first-order valence-electron chi connectivity index (χ1n) is 12.0. The molecule has 0 unspecified atom stereocenters. The van der Waals surface area contributed by atoms with E-state index in [9.17, 15) is 9.59 Å². The molecule has 2 heterocycles. The Balaban J connectivity index is 1.67. The molecule has 1 atom stereocenters. The number of hydrogen-bond donors (Lipinski definition) is 1. The minimum absolute atomic E-state index is 0.258. The minimum atomic E-state index is -0.691. The highest BCUT2D eigenvalue weighted by atomic mass is 79.9. The summed E-state index contributed by atoms with van der Waals surface area (Å²) < 4.78 is 8.70. The van der Waals surface area contributed by atoms with Crippen molar-refractivity contribution in [2.45, 2.75) is 13.0 Å². The highest BCUT2D eigenvalue weighted by Gasteiger charge is 2.32. The van der Waals surface area contributed by atoms with E-state index in [0.717, 1.165) is 15.6 Å². The zero-order chi connectivity index (χ0) is 27.5. The van der Waals surface area contributed by atoms with Gasteiger partial charge in [-0.1, -0.05) is 81.9 Å². The molecule has 0 saturated carbocycles. The van der Waals surface area contributed by atoms with Crippen molar-refractivity contribution < 1.29 is 9.53 Å². The number of thiazole rings is 1. The number of ether oxygens (including phenoxy) is 1. The van der Waals surface area contributed by atoms with Crippen molar-refractivity contribution in [3.63, 3.8) is 0 Å². The predicted octanol–water partition coefficient (Wildman–Crippen LogP) is 5.85. The monoisotopic (exact) mass is 619 g/mol. The van der Waals surface area contributed by atoms with Crippen LogP contribution in [0.1, 0.15) is 24.1 Å². The van der Waals surface area contributed by atoms with Crippen molar-refractivity contribution in [2.24, 2.45) is 4.99 Å². The van der Waals surface area contributed by atoms with Crippen molar-refractivity contribution in [3.05, 3.63) is 137 Å². The summed E-state index contributed by atoms with van der Waals surface area (Å²) >= 11 is 10.9. The second kappa shape index (κ2) is 11.6. The van der Waals surface area contributed by atoms with E-state index in [2.05, 4.69) is 27.8 Å². The highest BCUT2D eigenvalue weighted by molar-refractivity contribution is 9.10. The van der Waals surface area contributed by atoms with Crippen LogP contribution in [0.15, 0.2) is 111 Å². The first-order chi connectivity index (χ1) is 18.9. The summed E-state index contributed by atoms with van der Waals surface area (Å²) in [6, 6.07) is 21.2. The number of nitrogens with zero attached hydrogens (tertiary/aromatic N) is 2. The maximum Gasteiger partial charge on any atom is 0.271 e. The van der Waals surface area contributed by atoms with Crippen LogP contribution in [0.3, 0.4) is 0 Å². The molecule has 1 amide bonds. The molecular formula is C30H23BrClN3O3S. The van der Waals surface area contributed by atoms with Crippen LogP contribution in [0.2, 0.25) is 5.02 Å². The van der Waals surface area contributed by atoms with Gasteiger partial charge >= 0.3 is 0 Å². The largest absolute Gasteiger partial charge is 0.489 e. The summed E-state index contributed by atoms with van der Waals surface area (Å²) in [4.78, 5) is 32.8. The number of hydrogen-bond acceptors (Lipinski definition) is 5. The van der Waals surface area contributed by atoms with Crippen molar-refractivity contribution in [2.75, 3.05) is 11.9 Å². The van der Waals surface area contributed by atoms with Crippen LogP contribution >= 0.6 is 38.9 Å². The lowest BCUT2D eigenvalue weighted by Crippen LogP contribution is -2.40. The topological polar surface area (TPSA) is 72.7 Å². The zero-order valence-electron chi connectivity index (χ0n) is 20.9. The fraction of sp³-hybridized carbons (Fsp3) is 0.100. The van der Waals surface area contributed by atoms with Gasteiger partial charge in [0.25, 0.3) is 11.5 Å². The first kappa shape index (κ1) is 26.9. The molecular weight excluding hydrogens is 598 g/mol. The number of rotatable bonds is 7. The molecule has 1 aromatic heterocycles. The number of aromatic nitrogens is 1. The summed E-state index contributed by atoms with van der Waals surface area (Å²) in [5, 5.41) is 3.51. The van der Waals surface area contributed by atoms with Crippen LogP contribution in [-0.4, -0.2) is 17.1 Å². The molecule has 1 N–H and O–H groups in total. The van der Waals surface area contributed by atoms with E-state index in [4.69, 9.17) is 21.3 Å². The Morgan fingerprint density at radius 1 is 1.18 bits per heavy atom. The second-order valence-corrected chi connectivity index (χ2v) is 11.1. The molecule has 39 heavy (non-hydrogen) atoms. The van der Waals surface area contributed by atoms with E-state index in [0.29, 0.717) is 43.7 Å². The quantitative estimate of drug-likeness (QED) is 0.263. The van der Waals surface area contributed by atoms with E-state index in [1.807, 2.05) is 60.7 Å². The SMILES string of the molecule is C=CCOc1ccc(Br)cc1/C=c1\sc2n(c1=O)[C@@H](c1ccc(Cl)cc1)C(C(=O)Nc1ccccc1)=C(C)N=2. The standard InChI is InChI=1S/C30H23BrClN3O3S/c1-3-15-38-24-14-11-21(31)16-20(24)17-25-29(37)35-27(19-9-12-22(32)13-10-19)26(18(2)33-30(35)39-25)28(36)34-23-7-5-4-6-8-23/h3-14,16-17,27H,1,15H2,2H3,(H,34,36)/b25-17-/t27-/m0/s1. The lowest BCUT2D eigenvalue weighted by atomic mass is 9.95. The molecule has 0 saturated heterocycles. The molecule has 3 aromatic carbocycles. The normalized spacial score (nSPS) is 14.9. The molecule has 0 spiro atoms. The van der Waals surface area contributed by atoms with Gasteiger partial charge in [0, 0.05) is 20.7 Å². The minimum Gasteiger partial charge on any atom is -0.489 e. The van der Waals surface area contributed by atoms with Crippen molar-refractivity contribution in [1.29, 1.82) is 0 Å². The van der Waals surface area contributed by atoms with Gasteiger partial charge in [-0.2, -0.15) is 0 Å². The van der Waals surface area contributed by atoms with E-state index in [1.54, 1.807) is 35.8 Å². The summed E-state index contributed by atoms with van der Waals surface area (Å²) in [7, 11) is 0. The predicted molar refractivity (Wildman–Crippen MR) is 160 cm³/mol. The molecule has 0 radical (unpaired) electrons. The van der Waals surface area contributed by atoms with E-state index >= 15 is 0 Å². The fourth-order valence-electron chi connectivity index (χ4n) is 4.35. The molecule has 0 fully saturated rings. The maximum atomic E-state index is 13.9. The average Bonchev–Trinajstić information content (AvgIpc) is 3.22. The summed E-state index contributed by atoms with van der Waals surface area (Å²) in [5.41, 5.74) is 2.79. The Labute approximate surface area is 242 Å². The number of benzene rings is 3. The smallest absolute Gasteiger partial charge is 0.271 e. The molecule has 4 aromatic rings. The molecule has 9 heteroatoms. The number of anilines is 1. The Morgan fingerprint density at radius 3 is 2.64 bits per heavy atom. The second-order valence-electron chi connectivity index (χ2n) is 8.74. The van der Waals surface area contributed by atoms with Gasteiger partial charge in [-0.15, -0.1) is 0 Å². The molecule has 196 valence electrons. The number of amides is 1. The van der Waals surface area contributed by atoms with Gasteiger partial charge in [0.15, 0.2) is 4.80 Å². The van der Waals surface area contributed by atoms with Crippen LogP contribution in [0.4, 0.5) is 5.69 Å². The molecule has 0 bridgehead atoms. The zero-order valence-corrected chi connectivity index (χ0v) is 24.0. The number of allylic oxidation sites excluding steroid dienone is 1. The Morgan fingerprint density at radius 2 is 1.92 bits per heavy atom. The fourth-order valence-corrected chi connectivity index (χ4v) is 5.89. The number of nitrogens with one attached hydrogen (secondary N) is 1. The third-order valence-electron chi connectivity index (χ3n) is 6.10. The molecule has 0 aliphatic carbocycles. The third-order valence-corrected chi connectivity index (χ3v) is 7.83. The molecule has 5 rings (SSSR count). The van der Waals surface area contributed by atoms with Crippen LogP contribution < -0.4 is 24.9 Å². The maximum absolute atomic E-state index is 13.9. The average molecular weight is 621 g/mol. The number of para-hydroxylation sites is 1. The van der Waals surface area contributed by atoms with E-state index in [1.165, 1.54) is 11.3 Å². The number of carbonyl (C=O) groups is 1. The van der Waals surface area contributed by atoms with Crippen LogP contribution in [-0.2, 0) is 4.79 Å². The van der Waals surface area contributed by atoms with Crippen LogP contribution in [0.5, 0.6) is 5.75 Å². The van der Waals surface area contributed by atoms with Gasteiger partial charge in [-0.25, -0.2) is 4.99 Å². The Bertz CT molecular complexity index is 1780. The molecule has 1 aliphatic heterocycles. The van der Waals surface area contributed by atoms with Gasteiger partial charge in [0.2, 0.25) is 0 Å². The van der Waals surface area contributed by atoms with E-state index < -0.39 is 6.04 Å². The van der Waals surface area contributed by atoms with Crippen molar-refractivity contribution >= 4 is 56.5 Å². The van der Waals surface area contributed by atoms with Gasteiger partial charge in [-0.05, 0) is 61.0 Å². The summed E-state index contributed by atoms with van der Waals surface area (Å²) in [6.07, 6.45) is 3.45. The van der Waals surface area contributed by atoms with Gasteiger partial charge < -0.3 is 10.1 Å². The third kappa shape index (κ3) is 5.68. The number of carbonyl (C=O) groups excluding carboxylic acids is 1. The number of fused-ring (bicyclic) bond motifs is 1. The Kier molecular flexibility index (Phi) is 7.97. The highest BCUT2D eigenvalue weighted by Crippen LogP contribution is 2.31. The van der Waals surface area contributed by atoms with Gasteiger partial charge in [0.1, 0.15) is 12.4 Å². The Hall–Kier alpha value is -3.72. The lowest BCUT2D eigenvalue weighted by molar-refractivity contribution is -0.113. The molecule has 1 aliphatic rings. The van der Waals surface area contributed by atoms with Gasteiger partial charge in [0.05, 0.1) is 21.8 Å². The molecule has 6 nitrogen and oxygen atoms in total. The number of halogens is 2. The summed E-state index contributed by atoms with van der Waals surface area (Å²) in [6.45, 7) is 5.83. The van der Waals surface area contributed by atoms with Crippen molar-refractivity contribution in [3.8, 4) is 5.75 Å². The van der Waals surface area contributed by atoms with Gasteiger partial charge in [-0.3, -0.25) is 14.2 Å². The van der Waals surface area contributed by atoms with Crippen molar-refractivity contribution in [1.82, 2.24) is 4.57 Å². The summed E-state index contributed by atoms with van der Waals surface area (Å²) in [5.74, 6) is 0.293.